The number of rotatable bonds is 4. The van der Waals surface area contributed by atoms with Crippen LogP contribution in [0.15, 0.2) is 60.7 Å². The number of benzene rings is 2. The van der Waals surface area contributed by atoms with Crippen LogP contribution < -0.4 is 5.32 Å². The first kappa shape index (κ1) is 17.9. The first-order valence-corrected chi connectivity index (χ1v) is 8.71. The molecule has 1 aliphatic heterocycles. The molecular formula is C21H21FN2O2. The minimum atomic E-state index is -0.524. The van der Waals surface area contributed by atoms with Crippen LogP contribution in [0.5, 0.6) is 0 Å². The Labute approximate surface area is 152 Å². The topological polar surface area (TPSA) is 49.4 Å². The van der Waals surface area contributed by atoms with Gasteiger partial charge in [0.05, 0.1) is 5.56 Å². The van der Waals surface area contributed by atoms with E-state index in [1.54, 1.807) is 29.2 Å². The Bertz CT molecular complexity index is 797. The smallest absolute Gasteiger partial charge is 0.254 e. The summed E-state index contributed by atoms with van der Waals surface area (Å²) in [6.07, 6.45) is 4.69. The summed E-state index contributed by atoms with van der Waals surface area (Å²) in [4.78, 5) is 26.2. The lowest BCUT2D eigenvalue weighted by atomic mass is 10.0. The number of piperidine rings is 1. The fraction of sp³-hybridized carbons (Fsp3) is 0.238. The van der Waals surface area contributed by atoms with Crippen molar-refractivity contribution in [2.24, 2.45) is 0 Å². The van der Waals surface area contributed by atoms with Crippen molar-refractivity contribution in [3.63, 3.8) is 0 Å². The van der Waals surface area contributed by atoms with Gasteiger partial charge in [-0.2, -0.15) is 0 Å². The lowest BCUT2D eigenvalue weighted by molar-refractivity contribution is -0.126. The van der Waals surface area contributed by atoms with Gasteiger partial charge in [-0.15, -0.1) is 0 Å². The van der Waals surface area contributed by atoms with E-state index in [1.807, 2.05) is 30.3 Å². The predicted octanol–water partition coefficient (Wildman–Crippen LogP) is 3.26. The molecular weight excluding hydrogens is 331 g/mol. The van der Waals surface area contributed by atoms with Gasteiger partial charge in [0.1, 0.15) is 5.82 Å². The summed E-state index contributed by atoms with van der Waals surface area (Å²) in [7, 11) is 0. The molecule has 26 heavy (non-hydrogen) atoms. The number of nitrogens with zero attached hydrogens (tertiary/aromatic N) is 1. The standard InChI is InChI=1S/C21H21FN2O2/c22-19-9-5-4-8-18(19)21(26)23-17-12-14-24(15-13-17)20(25)11-10-16-6-2-1-3-7-16/h1-11,17H,12-15H2,(H,23,26)/b11-10+. The Morgan fingerprint density at radius 2 is 1.65 bits per heavy atom. The van der Waals surface area contributed by atoms with Crippen molar-refractivity contribution in [3.8, 4) is 0 Å². The monoisotopic (exact) mass is 352 g/mol. The lowest BCUT2D eigenvalue weighted by Gasteiger charge is -2.31. The molecule has 2 amide bonds. The average Bonchev–Trinajstić information content (AvgIpc) is 2.68. The van der Waals surface area contributed by atoms with E-state index in [-0.39, 0.29) is 17.5 Å². The molecule has 0 bridgehead atoms. The molecule has 1 heterocycles. The first-order chi connectivity index (χ1) is 12.6. The van der Waals surface area contributed by atoms with Crippen molar-refractivity contribution in [3.05, 3.63) is 77.6 Å². The zero-order valence-electron chi connectivity index (χ0n) is 14.4. The van der Waals surface area contributed by atoms with Crippen molar-refractivity contribution in [2.45, 2.75) is 18.9 Å². The second kappa shape index (κ2) is 8.43. The number of carbonyl (C=O) groups excluding carboxylic acids is 2. The maximum atomic E-state index is 13.7. The van der Waals surface area contributed by atoms with E-state index in [4.69, 9.17) is 0 Å². The zero-order valence-corrected chi connectivity index (χ0v) is 14.4. The van der Waals surface area contributed by atoms with Gasteiger partial charge in [0, 0.05) is 25.2 Å². The van der Waals surface area contributed by atoms with Crippen LogP contribution >= 0.6 is 0 Å². The molecule has 134 valence electrons. The van der Waals surface area contributed by atoms with Crippen molar-refractivity contribution in [2.75, 3.05) is 13.1 Å². The third-order valence-electron chi connectivity index (χ3n) is 4.48. The molecule has 2 aromatic rings. The molecule has 1 saturated heterocycles. The highest BCUT2D eigenvalue weighted by molar-refractivity contribution is 5.94. The van der Waals surface area contributed by atoms with Crippen LogP contribution in [0, 0.1) is 5.82 Å². The van der Waals surface area contributed by atoms with Crippen LogP contribution in [0.25, 0.3) is 6.08 Å². The Balaban J connectivity index is 1.49. The minimum absolute atomic E-state index is 0.0345. The van der Waals surface area contributed by atoms with E-state index in [2.05, 4.69) is 5.32 Å². The van der Waals surface area contributed by atoms with Gasteiger partial charge in [-0.3, -0.25) is 9.59 Å². The highest BCUT2D eigenvalue weighted by Gasteiger charge is 2.23. The van der Waals surface area contributed by atoms with E-state index >= 15 is 0 Å². The van der Waals surface area contributed by atoms with E-state index in [9.17, 15) is 14.0 Å². The van der Waals surface area contributed by atoms with Crippen LogP contribution in [0.1, 0.15) is 28.8 Å². The number of likely N-dealkylation sites (tertiary alicyclic amines) is 1. The van der Waals surface area contributed by atoms with E-state index < -0.39 is 11.7 Å². The SMILES string of the molecule is O=C(NC1CCN(C(=O)/C=C/c2ccccc2)CC1)c1ccccc1F. The average molecular weight is 352 g/mol. The summed E-state index contributed by atoms with van der Waals surface area (Å²) in [6, 6.07) is 15.5. The molecule has 2 aromatic carbocycles. The lowest BCUT2D eigenvalue weighted by Crippen LogP contribution is -2.46. The van der Waals surface area contributed by atoms with E-state index in [0.717, 1.165) is 5.56 Å². The normalized spacial score (nSPS) is 15.2. The molecule has 0 aliphatic carbocycles. The summed E-state index contributed by atoms with van der Waals surface area (Å²) < 4.78 is 13.7. The van der Waals surface area contributed by atoms with Crippen LogP contribution in [0.4, 0.5) is 4.39 Å². The maximum absolute atomic E-state index is 13.7. The maximum Gasteiger partial charge on any atom is 0.254 e. The number of hydrogen-bond acceptors (Lipinski definition) is 2. The van der Waals surface area contributed by atoms with Gasteiger partial charge in [0.15, 0.2) is 0 Å². The highest BCUT2D eigenvalue weighted by Crippen LogP contribution is 2.13. The molecule has 0 saturated carbocycles. The zero-order chi connectivity index (χ0) is 18.4. The largest absolute Gasteiger partial charge is 0.349 e. The molecule has 4 nitrogen and oxygen atoms in total. The summed E-state index contributed by atoms with van der Waals surface area (Å²) in [5.41, 5.74) is 1.03. The molecule has 0 aromatic heterocycles. The Morgan fingerprint density at radius 1 is 1.00 bits per heavy atom. The van der Waals surface area contributed by atoms with Crippen molar-refractivity contribution in [1.29, 1.82) is 0 Å². The number of amides is 2. The van der Waals surface area contributed by atoms with Crippen LogP contribution in [0.3, 0.4) is 0 Å². The van der Waals surface area contributed by atoms with Crippen LogP contribution in [-0.4, -0.2) is 35.8 Å². The molecule has 3 rings (SSSR count). The summed E-state index contributed by atoms with van der Waals surface area (Å²) >= 11 is 0. The Kier molecular flexibility index (Phi) is 5.79. The van der Waals surface area contributed by atoms with Crippen molar-refractivity contribution in [1.82, 2.24) is 10.2 Å². The number of nitrogens with one attached hydrogen (secondary N) is 1. The third-order valence-corrected chi connectivity index (χ3v) is 4.48. The minimum Gasteiger partial charge on any atom is -0.349 e. The summed E-state index contributed by atoms with van der Waals surface area (Å²) in [6.45, 7) is 1.14. The van der Waals surface area contributed by atoms with Crippen LogP contribution in [-0.2, 0) is 4.79 Å². The predicted molar refractivity (Wildman–Crippen MR) is 98.9 cm³/mol. The van der Waals surface area contributed by atoms with Gasteiger partial charge in [-0.1, -0.05) is 42.5 Å². The molecule has 1 fully saturated rings. The molecule has 1 N–H and O–H groups in total. The molecule has 0 spiro atoms. The quantitative estimate of drug-likeness (QED) is 0.859. The van der Waals surface area contributed by atoms with Crippen LogP contribution in [0.2, 0.25) is 0 Å². The number of carbonyl (C=O) groups is 2. The van der Waals surface area contributed by atoms with Gasteiger partial charge in [0.25, 0.3) is 5.91 Å². The number of halogens is 1. The number of hydrogen-bond donors (Lipinski definition) is 1. The third kappa shape index (κ3) is 4.57. The Morgan fingerprint density at radius 3 is 2.35 bits per heavy atom. The van der Waals surface area contributed by atoms with E-state index in [1.165, 1.54) is 12.1 Å². The summed E-state index contributed by atoms with van der Waals surface area (Å²) in [5.74, 6) is -0.965. The second-order valence-electron chi connectivity index (χ2n) is 6.30. The molecule has 0 unspecified atom stereocenters. The molecule has 0 radical (unpaired) electrons. The second-order valence-corrected chi connectivity index (χ2v) is 6.30. The van der Waals surface area contributed by atoms with Gasteiger partial charge in [0.2, 0.25) is 5.91 Å². The van der Waals surface area contributed by atoms with Gasteiger partial charge in [-0.05, 0) is 36.6 Å². The summed E-state index contributed by atoms with van der Waals surface area (Å²) in [5, 5.41) is 2.86. The highest BCUT2D eigenvalue weighted by atomic mass is 19.1. The fourth-order valence-electron chi connectivity index (χ4n) is 2.99. The van der Waals surface area contributed by atoms with Gasteiger partial charge < -0.3 is 10.2 Å². The molecule has 0 atom stereocenters. The van der Waals surface area contributed by atoms with Gasteiger partial charge >= 0.3 is 0 Å². The first-order valence-electron chi connectivity index (χ1n) is 8.71. The van der Waals surface area contributed by atoms with Gasteiger partial charge in [-0.25, -0.2) is 4.39 Å². The van der Waals surface area contributed by atoms with Crippen molar-refractivity contribution >= 4 is 17.9 Å². The fourth-order valence-corrected chi connectivity index (χ4v) is 2.99. The van der Waals surface area contributed by atoms with E-state index in [0.29, 0.717) is 25.9 Å². The molecule has 1 aliphatic rings. The molecule has 5 heteroatoms. The van der Waals surface area contributed by atoms with Crippen molar-refractivity contribution < 1.29 is 14.0 Å². The Hall–Kier alpha value is -2.95.